The Hall–Kier alpha value is -4.30. The second kappa shape index (κ2) is 11.2. The predicted octanol–water partition coefficient (Wildman–Crippen LogP) is 5.27. The van der Waals surface area contributed by atoms with E-state index in [0.29, 0.717) is 36.7 Å². The van der Waals surface area contributed by atoms with Gasteiger partial charge in [-0.2, -0.15) is 5.10 Å². The summed E-state index contributed by atoms with van der Waals surface area (Å²) in [4.78, 5) is 28.9. The van der Waals surface area contributed by atoms with Crippen molar-refractivity contribution in [2.75, 3.05) is 27.2 Å². The minimum absolute atomic E-state index is 0.0621. The summed E-state index contributed by atoms with van der Waals surface area (Å²) in [5, 5.41) is 16.2. The van der Waals surface area contributed by atoms with Gasteiger partial charge in [-0.1, -0.05) is 48.5 Å². The molecule has 1 amide bonds. The SMILES string of the molecule is Cc1ccc(-c2cc(C(=O)N(CCN(C)C)Cc3ccccc3)n(-c3cccc([N+](=O)[O-])c3)n2)cc1C. The van der Waals surface area contributed by atoms with E-state index in [9.17, 15) is 14.9 Å². The molecule has 1 heterocycles. The normalized spacial score (nSPS) is 11.1. The van der Waals surface area contributed by atoms with Crippen LogP contribution in [0.5, 0.6) is 0 Å². The third-order valence-electron chi connectivity index (χ3n) is 6.34. The summed E-state index contributed by atoms with van der Waals surface area (Å²) < 4.78 is 1.52. The van der Waals surface area contributed by atoms with Crippen LogP contribution in [0.15, 0.2) is 78.9 Å². The Kier molecular flexibility index (Phi) is 7.79. The molecule has 0 fully saturated rings. The Balaban J connectivity index is 1.82. The molecule has 8 heteroatoms. The summed E-state index contributed by atoms with van der Waals surface area (Å²) >= 11 is 0. The van der Waals surface area contributed by atoms with Crippen LogP contribution in [0.4, 0.5) is 5.69 Å². The third-order valence-corrected chi connectivity index (χ3v) is 6.34. The van der Waals surface area contributed by atoms with E-state index < -0.39 is 4.92 Å². The maximum Gasteiger partial charge on any atom is 0.272 e. The lowest BCUT2D eigenvalue weighted by atomic mass is 10.0. The lowest BCUT2D eigenvalue weighted by Crippen LogP contribution is -2.37. The highest BCUT2D eigenvalue weighted by Gasteiger charge is 2.24. The highest BCUT2D eigenvalue weighted by molar-refractivity contribution is 5.94. The summed E-state index contributed by atoms with van der Waals surface area (Å²) in [6.45, 7) is 5.72. The molecule has 0 N–H and O–H groups in total. The number of amides is 1. The topological polar surface area (TPSA) is 84.5 Å². The van der Waals surface area contributed by atoms with Gasteiger partial charge in [-0.05, 0) is 62.8 Å². The number of nitro groups is 1. The molecule has 0 atom stereocenters. The standard InChI is InChI=1S/C29H31N5O3/c1-21-13-14-24(17-22(21)2)27-19-28(33(30-27)25-11-8-12-26(18-25)34(36)37)29(35)32(16-15-31(3)4)20-23-9-6-5-7-10-23/h5-14,17-19H,15-16,20H2,1-4H3. The molecule has 37 heavy (non-hydrogen) atoms. The van der Waals surface area contributed by atoms with Crippen molar-refractivity contribution in [2.45, 2.75) is 20.4 Å². The molecule has 1 aromatic heterocycles. The number of rotatable bonds is 9. The Bertz CT molecular complexity index is 1410. The monoisotopic (exact) mass is 497 g/mol. The summed E-state index contributed by atoms with van der Waals surface area (Å²) in [6, 6.07) is 23.9. The Labute approximate surface area is 216 Å². The zero-order valence-corrected chi connectivity index (χ0v) is 21.6. The number of hydrogen-bond donors (Lipinski definition) is 0. The van der Waals surface area contributed by atoms with E-state index >= 15 is 0 Å². The highest BCUT2D eigenvalue weighted by atomic mass is 16.6. The summed E-state index contributed by atoms with van der Waals surface area (Å²) in [7, 11) is 3.94. The first-order valence-electron chi connectivity index (χ1n) is 12.1. The quantitative estimate of drug-likeness (QED) is 0.232. The number of likely N-dealkylation sites (N-methyl/N-ethyl adjacent to an activating group) is 1. The second-order valence-corrected chi connectivity index (χ2v) is 9.42. The number of non-ortho nitro benzene ring substituents is 1. The van der Waals surface area contributed by atoms with Crippen molar-refractivity contribution in [3.8, 4) is 16.9 Å². The van der Waals surface area contributed by atoms with Gasteiger partial charge in [0.05, 0.1) is 16.3 Å². The molecule has 0 aliphatic carbocycles. The fourth-order valence-electron chi connectivity index (χ4n) is 4.05. The molecule has 0 aliphatic heterocycles. The van der Waals surface area contributed by atoms with Crippen molar-refractivity contribution >= 4 is 11.6 Å². The highest BCUT2D eigenvalue weighted by Crippen LogP contribution is 2.26. The molecule has 0 saturated carbocycles. The predicted molar refractivity (Wildman–Crippen MR) is 145 cm³/mol. The number of carbonyl (C=O) groups excluding carboxylic acids is 1. The fraction of sp³-hybridized carbons (Fsp3) is 0.241. The van der Waals surface area contributed by atoms with E-state index in [4.69, 9.17) is 5.10 Å². The van der Waals surface area contributed by atoms with Crippen LogP contribution in [0.2, 0.25) is 0 Å². The van der Waals surface area contributed by atoms with Crippen LogP contribution in [-0.4, -0.2) is 57.6 Å². The second-order valence-electron chi connectivity index (χ2n) is 9.42. The third kappa shape index (κ3) is 6.10. The van der Waals surface area contributed by atoms with Crippen molar-refractivity contribution in [1.82, 2.24) is 19.6 Å². The van der Waals surface area contributed by atoms with Gasteiger partial charge in [0.1, 0.15) is 5.69 Å². The molecule has 0 unspecified atom stereocenters. The van der Waals surface area contributed by atoms with Crippen LogP contribution in [0.25, 0.3) is 16.9 Å². The van der Waals surface area contributed by atoms with Crippen LogP contribution in [0.1, 0.15) is 27.2 Å². The van der Waals surface area contributed by atoms with Gasteiger partial charge < -0.3 is 9.80 Å². The zero-order valence-electron chi connectivity index (χ0n) is 21.6. The van der Waals surface area contributed by atoms with E-state index in [0.717, 1.165) is 22.3 Å². The number of nitrogens with zero attached hydrogens (tertiary/aromatic N) is 5. The summed E-state index contributed by atoms with van der Waals surface area (Å²) in [5.74, 6) is -0.195. The number of carbonyl (C=O) groups is 1. The molecule has 0 bridgehead atoms. The molecule has 4 rings (SSSR count). The van der Waals surface area contributed by atoms with Crippen molar-refractivity contribution in [2.24, 2.45) is 0 Å². The number of aryl methyl sites for hydroxylation is 2. The van der Waals surface area contributed by atoms with Gasteiger partial charge in [-0.3, -0.25) is 14.9 Å². The van der Waals surface area contributed by atoms with Crippen molar-refractivity contribution in [1.29, 1.82) is 0 Å². The minimum Gasteiger partial charge on any atom is -0.332 e. The van der Waals surface area contributed by atoms with Crippen molar-refractivity contribution in [3.05, 3.63) is 111 Å². The average Bonchev–Trinajstić information content (AvgIpc) is 3.34. The van der Waals surface area contributed by atoms with Crippen molar-refractivity contribution < 1.29 is 9.72 Å². The van der Waals surface area contributed by atoms with Crippen LogP contribution in [-0.2, 0) is 6.54 Å². The molecular weight excluding hydrogens is 466 g/mol. The molecule has 0 aliphatic rings. The van der Waals surface area contributed by atoms with Gasteiger partial charge in [0.25, 0.3) is 11.6 Å². The molecule has 190 valence electrons. The zero-order chi connectivity index (χ0) is 26.5. The van der Waals surface area contributed by atoms with Crippen LogP contribution in [0, 0.1) is 24.0 Å². The molecular formula is C29H31N5O3. The number of benzene rings is 3. The summed E-state index contributed by atoms with van der Waals surface area (Å²) in [6.07, 6.45) is 0. The van der Waals surface area contributed by atoms with E-state index in [-0.39, 0.29) is 11.6 Å². The Morgan fingerprint density at radius 2 is 1.68 bits per heavy atom. The van der Waals surface area contributed by atoms with Gasteiger partial charge in [-0.15, -0.1) is 0 Å². The van der Waals surface area contributed by atoms with Crippen molar-refractivity contribution in [3.63, 3.8) is 0 Å². The minimum atomic E-state index is -0.447. The first-order valence-corrected chi connectivity index (χ1v) is 12.1. The molecule has 0 spiro atoms. The molecule has 8 nitrogen and oxygen atoms in total. The molecule has 0 radical (unpaired) electrons. The fourth-order valence-corrected chi connectivity index (χ4v) is 4.05. The summed E-state index contributed by atoms with van der Waals surface area (Å²) in [5.41, 5.74) is 5.55. The van der Waals surface area contributed by atoms with E-state index in [2.05, 4.69) is 0 Å². The van der Waals surface area contributed by atoms with Crippen LogP contribution < -0.4 is 0 Å². The van der Waals surface area contributed by atoms with Gasteiger partial charge in [0, 0.05) is 37.3 Å². The molecule has 0 saturated heterocycles. The number of hydrogen-bond acceptors (Lipinski definition) is 5. The van der Waals surface area contributed by atoms with Gasteiger partial charge in [0.2, 0.25) is 0 Å². The number of nitro benzene ring substituents is 1. The molecule has 4 aromatic rings. The Morgan fingerprint density at radius 3 is 2.35 bits per heavy atom. The smallest absolute Gasteiger partial charge is 0.272 e. The number of aromatic nitrogens is 2. The van der Waals surface area contributed by atoms with Gasteiger partial charge in [0.15, 0.2) is 0 Å². The largest absolute Gasteiger partial charge is 0.332 e. The lowest BCUT2D eigenvalue weighted by molar-refractivity contribution is -0.384. The Morgan fingerprint density at radius 1 is 0.919 bits per heavy atom. The first-order chi connectivity index (χ1) is 17.7. The van der Waals surface area contributed by atoms with Crippen LogP contribution >= 0.6 is 0 Å². The van der Waals surface area contributed by atoms with E-state index in [1.165, 1.54) is 16.8 Å². The lowest BCUT2D eigenvalue weighted by Gasteiger charge is -2.25. The van der Waals surface area contributed by atoms with Gasteiger partial charge >= 0.3 is 0 Å². The van der Waals surface area contributed by atoms with E-state index in [1.54, 1.807) is 23.1 Å². The van der Waals surface area contributed by atoms with Crippen LogP contribution in [0.3, 0.4) is 0 Å². The van der Waals surface area contributed by atoms with Gasteiger partial charge in [-0.25, -0.2) is 4.68 Å². The average molecular weight is 498 g/mol. The maximum atomic E-state index is 14.1. The first kappa shape index (κ1) is 25.8. The molecule has 3 aromatic carbocycles. The van der Waals surface area contributed by atoms with E-state index in [1.807, 2.05) is 81.4 Å². The maximum absolute atomic E-state index is 14.1.